The summed E-state index contributed by atoms with van der Waals surface area (Å²) in [6, 6.07) is 8.44. The summed E-state index contributed by atoms with van der Waals surface area (Å²) in [6.45, 7) is 6.47. The van der Waals surface area contributed by atoms with Crippen LogP contribution < -0.4 is 5.32 Å². The van der Waals surface area contributed by atoms with Crippen LogP contribution in [0.15, 0.2) is 28.7 Å². The van der Waals surface area contributed by atoms with Crippen molar-refractivity contribution in [1.82, 2.24) is 5.32 Å². The van der Waals surface area contributed by atoms with Crippen molar-refractivity contribution in [2.24, 2.45) is 5.92 Å². The Balaban J connectivity index is 2.06. The molecule has 1 N–H and O–H groups in total. The van der Waals surface area contributed by atoms with Gasteiger partial charge < -0.3 is 10.1 Å². The standard InChI is InChI=1S/C18H28BrNO/c1-3-12-20-13-18(15-9-5-6-10-16(15)19)21-17-11-7-4-8-14(17)2/h5-6,9-10,14,17-18,20H,3-4,7-8,11-13H2,1-2H3. The van der Waals surface area contributed by atoms with Crippen LogP contribution in [0.4, 0.5) is 0 Å². The van der Waals surface area contributed by atoms with Gasteiger partial charge in [-0.3, -0.25) is 0 Å². The highest BCUT2D eigenvalue weighted by molar-refractivity contribution is 9.10. The molecule has 1 aromatic carbocycles. The highest BCUT2D eigenvalue weighted by Crippen LogP contribution is 2.33. The first-order chi connectivity index (χ1) is 10.2. The van der Waals surface area contributed by atoms with Gasteiger partial charge in [0.2, 0.25) is 0 Å². The lowest BCUT2D eigenvalue weighted by atomic mass is 9.87. The van der Waals surface area contributed by atoms with Crippen LogP contribution in [-0.2, 0) is 4.74 Å². The van der Waals surface area contributed by atoms with Gasteiger partial charge in [0.25, 0.3) is 0 Å². The fraction of sp³-hybridized carbons (Fsp3) is 0.667. The maximum Gasteiger partial charge on any atom is 0.0963 e. The van der Waals surface area contributed by atoms with Gasteiger partial charge in [-0.15, -0.1) is 0 Å². The Morgan fingerprint density at radius 2 is 2.05 bits per heavy atom. The molecule has 0 heterocycles. The Kier molecular flexibility index (Phi) is 7.21. The zero-order valence-electron chi connectivity index (χ0n) is 13.3. The molecular weight excluding hydrogens is 326 g/mol. The minimum absolute atomic E-state index is 0.137. The SMILES string of the molecule is CCCNCC(OC1CCCCC1C)c1ccccc1Br. The molecular formula is C18H28BrNO. The van der Waals surface area contributed by atoms with E-state index in [0.717, 1.165) is 24.0 Å². The van der Waals surface area contributed by atoms with Gasteiger partial charge in [0, 0.05) is 11.0 Å². The van der Waals surface area contributed by atoms with Crippen molar-refractivity contribution in [3.63, 3.8) is 0 Å². The molecule has 1 saturated carbocycles. The zero-order valence-corrected chi connectivity index (χ0v) is 14.9. The molecule has 3 heteroatoms. The molecule has 1 aliphatic carbocycles. The third-order valence-electron chi connectivity index (χ3n) is 4.38. The molecule has 0 spiro atoms. The summed E-state index contributed by atoms with van der Waals surface area (Å²) in [5.41, 5.74) is 1.26. The molecule has 2 nitrogen and oxygen atoms in total. The smallest absolute Gasteiger partial charge is 0.0963 e. The Morgan fingerprint density at radius 1 is 1.29 bits per heavy atom. The molecule has 0 radical (unpaired) electrons. The largest absolute Gasteiger partial charge is 0.369 e. The van der Waals surface area contributed by atoms with E-state index in [4.69, 9.17) is 4.74 Å². The molecule has 3 unspecified atom stereocenters. The second kappa shape index (κ2) is 8.92. The molecule has 1 aliphatic rings. The first kappa shape index (κ1) is 17.0. The second-order valence-corrected chi connectivity index (χ2v) is 7.00. The number of nitrogens with one attached hydrogen (secondary N) is 1. The van der Waals surface area contributed by atoms with Crippen LogP contribution in [-0.4, -0.2) is 19.2 Å². The lowest BCUT2D eigenvalue weighted by molar-refractivity contribution is -0.0566. The predicted octanol–water partition coefficient (Wildman–Crippen LogP) is 5.09. The molecule has 118 valence electrons. The van der Waals surface area contributed by atoms with Crippen LogP contribution in [0.5, 0.6) is 0 Å². The quantitative estimate of drug-likeness (QED) is 0.689. The summed E-state index contributed by atoms with van der Waals surface area (Å²) in [4.78, 5) is 0. The molecule has 0 saturated heterocycles. The molecule has 0 aliphatic heterocycles. The van der Waals surface area contributed by atoms with Gasteiger partial charge in [0.05, 0.1) is 12.2 Å². The van der Waals surface area contributed by atoms with Gasteiger partial charge in [0.15, 0.2) is 0 Å². The van der Waals surface area contributed by atoms with Crippen LogP contribution in [0.3, 0.4) is 0 Å². The highest BCUT2D eigenvalue weighted by Gasteiger charge is 2.26. The molecule has 0 bridgehead atoms. The second-order valence-electron chi connectivity index (χ2n) is 6.15. The third-order valence-corrected chi connectivity index (χ3v) is 5.10. The van der Waals surface area contributed by atoms with Crippen molar-refractivity contribution in [1.29, 1.82) is 0 Å². The Hall–Kier alpha value is -0.380. The number of hydrogen-bond donors (Lipinski definition) is 1. The Morgan fingerprint density at radius 3 is 2.76 bits per heavy atom. The maximum atomic E-state index is 6.52. The van der Waals surface area contributed by atoms with E-state index in [2.05, 4.69) is 59.4 Å². The molecule has 2 rings (SSSR count). The van der Waals surface area contributed by atoms with Crippen molar-refractivity contribution in [2.75, 3.05) is 13.1 Å². The summed E-state index contributed by atoms with van der Waals surface area (Å²) >= 11 is 3.68. The number of rotatable bonds is 7. The van der Waals surface area contributed by atoms with Gasteiger partial charge >= 0.3 is 0 Å². The van der Waals surface area contributed by atoms with Crippen LogP contribution in [0.1, 0.15) is 57.6 Å². The number of benzene rings is 1. The number of ether oxygens (including phenoxy) is 1. The maximum absolute atomic E-state index is 6.52. The van der Waals surface area contributed by atoms with Gasteiger partial charge in [0.1, 0.15) is 0 Å². The zero-order chi connectivity index (χ0) is 15.1. The molecule has 1 aromatic rings. The minimum Gasteiger partial charge on any atom is -0.369 e. The summed E-state index contributed by atoms with van der Waals surface area (Å²) in [6.07, 6.45) is 6.86. The van der Waals surface area contributed by atoms with Crippen LogP contribution in [0.2, 0.25) is 0 Å². The fourth-order valence-corrected chi connectivity index (χ4v) is 3.61. The molecule has 21 heavy (non-hydrogen) atoms. The van der Waals surface area contributed by atoms with Crippen molar-refractivity contribution in [2.45, 2.75) is 58.2 Å². The van der Waals surface area contributed by atoms with E-state index < -0.39 is 0 Å². The summed E-state index contributed by atoms with van der Waals surface area (Å²) in [5.74, 6) is 0.676. The molecule has 0 amide bonds. The third kappa shape index (κ3) is 5.08. The van der Waals surface area contributed by atoms with E-state index >= 15 is 0 Å². The highest BCUT2D eigenvalue weighted by atomic mass is 79.9. The van der Waals surface area contributed by atoms with E-state index in [1.54, 1.807) is 0 Å². The van der Waals surface area contributed by atoms with E-state index in [9.17, 15) is 0 Å². The van der Waals surface area contributed by atoms with Crippen LogP contribution >= 0.6 is 15.9 Å². The lowest BCUT2D eigenvalue weighted by Crippen LogP contribution is -2.32. The first-order valence-corrected chi connectivity index (χ1v) is 9.12. The van der Waals surface area contributed by atoms with Gasteiger partial charge in [-0.25, -0.2) is 0 Å². The normalized spacial score (nSPS) is 24.0. The predicted molar refractivity (Wildman–Crippen MR) is 92.5 cm³/mol. The Bertz CT molecular complexity index is 423. The van der Waals surface area contributed by atoms with Crippen molar-refractivity contribution in [3.05, 3.63) is 34.3 Å². The summed E-state index contributed by atoms with van der Waals surface area (Å²) in [7, 11) is 0. The monoisotopic (exact) mass is 353 g/mol. The average molecular weight is 354 g/mol. The Labute approximate surface area is 137 Å². The fourth-order valence-electron chi connectivity index (χ4n) is 3.07. The van der Waals surface area contributed by atoms with Gasteiger partial charge in [-0.2, -0.15) is 0 Å². The average Bonchev–Trinajstić information content (AvgIpc) is 2.49. The van der Waals surface area contributed by atoms with Crippen LogP contribution in [0, 0.1) is 5.92 Å². The summed E-state index contributed by atoms with van der Waals surface area (Å²) in [5, 5.41) is 3.52. The van der Waals surface area contributed by atoms with E-state index in [-0.39, 0.29) is 6.10 Å². The van der Waals surface area contributed by atoms with Crippen molar-refractivity contribution < 1.29 is 4.74 Å². The molecule has 1 fully saturated rings. The number of hydrogen-bond acceptors (Lipinski definition) is 2. The van der Waals surface area contributed by atoms with E-state index in [1.165, 1.54) is 31.2 Å². The van der Waals surface area contributed by atoms with Crippen LogP contribution in [0.25, 0.3) is 0 Å². The van der Waals surface area contributed by atoms with Gasteiger partial charge in [-0.05, 0) is 43.4 Å². The topological polar surface area (TPSA) is 21.3 Å². The van der Waals surface area contributed by atoms with E-state index in [1.807, 2.05) is 0 Å². The summed E-state index contributed by atoms with van der Waals surface area (Å²) < 4.78 is 7.67. The molecule has 3 atom stereocenters. The van der Waals surface area contributed by atoms with E-state index in [0.29, 0.717) is 12.0 Å². The van der Waals surface area contributed by atoms with Gasteiger partial charge in [-0.1, -0.05) is 60.8 Å². The minimum atomic E-state index is 0.137. The van der Waals surface area contributed by atoms with Crippen molar-refractivity contribution >= 4 is 15.9 Å². The molecule has 0 aromatic heterocycles. The first-order valence-electron chi connectivity index (χ1n) is 8.33. The van der Waals surface area contributed by atoms with Crippen molar-refractivity contribution in [3.8, 4) is 0 Å². The lowest BCUT2D eigenvalue weighted by Gasteiger charge is -2.33. The number of halogens is 1.